The first-order valence-corrected chi connectivity index (χ1v) is 6.32. The molecule has 17 heavy (non-hydrogen) atoms. The van der Waals surface area contributed by atoms with Crippen LogP contribution in [0.1, 0.15) is 12.0 Å². The number of rotatable bonds is 6. The molecule has 0 aliphatic heterocycles. The summed E-state index contributed by atoms with van der Waals surface area (Å²) >= 11 is 1.35. The summed E-state index contributed by atoms with van der Waals surface area (Å²) in [5, 5.41) is 2.68. The molecule has 1 aromatic heterocycles. The molecule has 0 radical (unpaired) electrons. The van der Waals surface area contributed by atoms with Gasteiger partial charge in [0.2, 0.25) is 11.8 Å². The van der Waals surface area contributed by atoms with Crippen LogP contribution in [0.25, 0.3) is 0 Å². The number of nitrogens with two attached hydrogens (primary N) is 1. The second-order valence-electron chi connectivity index (χ2n) is 3.54. The number of nitrogens with zero attached hydrogens (tertiary/aromatic N) is 1. The maximum Gasteiger partial charge on any atom is 0.227 e. The van der Waals surface area contributed by atoms with Crippen LogP contribution in [0.4, 0.5) is 5.82 Å². The first kappa shape index (κ1) is 13.5. The third-order valence-electron chi connectivity index (χ3n) is 1.90. The van der Waals surface area contributed by atoms with Gasteiger partial charge in [-0.3, -0.25) is 9.59 Å². The number of carbonyl (C=O) groups excluding carboxylic acids is 2. The zero-order valence-corrected chi connectivity index (χ0v) is 10.4. The summed E-state index contributed by atoms with van der Waals surface area (Å²) in [7, 11) is 0. The van der Waals surface area contributed by atoms with E-state index in [-0.39, 0.29) is 17.6 Å². The van der Waals surface area contributed by atoms with Crippen molar-refractivity contribution >= 4 is 29.4 Å². The normalized spacial score (nSPS) is 9.94. The van der Waals surface area contributed by atoms with E-state index in [1.54, 1.807) is 12.3 Å². The maximum absolute atomic E-state index is 11.5. The second-order valence-corrected chi connectivity index (χ2v) is 4.64. The third kappa shape index (κ3) is 5.91. The summed E-state index contributed by atoms with van der Waals surface area (Å²) in [5.41, 5.74) is 6.02. The Morgan fingerprint density at radius 2 is 2.24 bits per heavy atom. The van der Waals surface area contributed by atoms with Gasteiger partial charge in [-0.25, -0.2) is 4.98 Å². The highest BCUT2D eigenvalue weighted by Gasteiger charge is 2.03. The summed E-state index contributed by atoms with van der Waals surface area (Å²) in [4.78, 5) is 26.0. The van der Waals surface area contributed by atoms with Gasteiger partial charge in [0.25, 0.3) is 0 Å². The van der Waals surface area contributed by atoms with Crippen molar-refractivity contribution in [2.24, 2.45) is 5.73 Å². The fourth-order valence-corrected chi connectivity index (χ4v) is 1.76. The van der Waals surface area contributed by atoms with Gasteiger partial charge < -0.3 is 11.1 Å². The fourth-order valence-electron chi connectivity index (χ4n) is 1.08. The Hall–Kier alpha value is -1.56. The predicted molar refractivity (Wildman–Crippen MR) is 68.7 cm³/mol. The van der Waals surface area contributed by atoms with Gasteiger partial charge in [0.1, 0.15) is 5.82 Å². The minimum atomic E-state index is -0.365. The Kier molecular flexibility index (Phi) is 5.48. The van der Waals surface area contributed by atoms with Crippen LogP contribution in [0.5, 0.6) is 0 Å². The van der Waals surface area contributed by atoms with E-state index in [4.69, 9.17) is 5.73 Å². The van der Waals surface area contributed by atoms with Gasteiger partial charge in [0, 0.05) is 18.4 Å². The minimum absolute atomic E-state index is 0.113. The average molecular weight is 253 g/mol. The molecule has 0 atom stereocenters. The molecule has 0 spiro atoms. The first-order chi connectivity index (χ1) is 8.08. The van der Waals surface area contributed by atoms with Gasteiger partial charge in [0.15, 0.2) is 0 Å². The van der Waals surface area contributed by atoms with Gasteiger partial charge >= 0.3 is 0 Å². The number of primary amides is 1. The molecule has 6 heteroatoms. The summed E-state index contributed by atoms with van der Waals surface area (Å²) in [6.45, 7) is 1.93. The van der Waals surface area contributed by atoms with E-state index < -0.39 is 0 Å². The second kappa shape index (κ2) is 6.90. The molecule has 1 heterocycles. The largest absolute Gasteiger partial charge is 0.369 e. The highest BCUT2D eigenvalue weighted by atomic mass is 32.2. The number of aromatic nitrogens is 1. The monoisotopic (exact) mass is 253 g/mol. The van der Waals surface area contributed by atoms with Gasteiger partial charge in [-0.05, 0) is 18.6 Å². The Labute approximate surface area is 104 Å². The lowest BCUT2D eigenvalue weighted by Crippen LogP contribution is -2.16. The van der Waals surface area contributed by atoms with Crippen LogP contribution < -0.4 is 11.1 Å². The average Bonchev–Trinajstić information content (AvgIpc) is 2.27. The Morgan fingerprint density at radius 1 is 1.47 bits per heavy atom. The van der Waals surface area contributed by atoms with E-state index in [1.807, 2.05) is 13.0 Å². The molecule has 0 aliphatic carbocycles. The summed E-state index contributed by atoms with van der Waals surface area (Å²) in [6.07, 6.45) is 2.03. The highest BCUT2D eigenvalue weighted by molar-refractivity contribution is 7.99. The van der Waals surface area contributed by atoms with Crippen molar-refractivity contribution in [3.05, 3.63) is 23.9 Å². The van der Waals surface area contributed by atoms with Crippen molar-refractivity contribution < 1.29 is 9.59 Å². The van der Waals surface area contributed by atoms with Crippen LogP contribution in [0.2, 0.25) is 0 Å². The predicted octanol–water partition coefficient (Wildman–Crippen LogP) is 0.937. The molecule has 2 amide bonds. The number of thioether (sulfide) groups is 1. The molecule has 0 unspecified atom stereocenters. The molecule has 0 bridgehead atoms. The molecule has 0 saturated heterocycles. The van der Waals surface area contributed by atoms with Crippen LogP contribution in [0.3, 0.4) is 0 Å². The molecule has 3 N–H and O–H groups in total. The zero-order valence-electron chi connectivity index (χ0n) is 9.60. The molecular weight excluding hydrogens is 238 g/mol. The van der Waals surface area contributed by atoms with Crippen molar-refractivity contribution in [3.63, 3.8) is 0 Å². The topological polar surface area (TPSA) is 85.1 Å². The molecule has 1 aromatic rings. The van der Waals surface area contributed by atoms with Crippen LogP contribution >= 0.6 is 11.8 Å². The third-order valence-corrected chi connectivity index (χ3v) is 2.88. The molecule has 0 aliphatic rings. The first-order valence-electron chi connectivity index (χ1n) is 5.16. The summed E-state index contributed by atoms with van der Waals surface area (Å²) in [5.74, 6) is 0.880. The van der Waals surface area contributed by atoms with Crippen LogP contribution in [-0.4, -0.2) is 28.3 Å². The quantitative estimate of drug-likeness (QED) is 0.739. The lowest BCUT2D eigenvalue weighted by atomic mass is 10.3. The van der Waals surface area contributed by atoms with Gasteiger partial charge in [0.05, 0.1) is 5.75 Å². The number of pyridine rings is 1. The Bertz CT molecular complexity index is 392. The van der Waals surface area contributed by atoms with Crippen molar-refractivity contribution in [2.75, 3.05) is 16.8 Å². The number of aryl methyl sites for hydroxylation is 1. The molecule has 92 valence electrons. The Balaban J connectivity index is 2.25. The van der Waals surface area contributed by atoms with Crippen molar-refractivity contribution in [2.45, 2.75) is 13.3 Å². The van der Waals surface area contributed by atoms with Crippen LogP contribution in [0.15, 0.2) is 18.3 Å². The molecule has 1 rings (SSSR count). The molecule has 0 saturated carbocycles. The standard InChI is InChI=1S/C11H15N3O2S/c1-8-2-3-10(13-6-8)14-11(16)4-5-17-7-9(12)15/h2-3,6H,4-5,7H2,1H3,(H2,12,15)(H,13,14,16). The molecule has 5 nitrogen and oxygen atoms in total. The Morgan fingerprint density at radius 3 is 2.82 bits per heavy atom. The van der Waals surface area contributed by atoms with Crippen molar-refractivity contribution in [1.29, 1.82) is 0 Å². The number of anilines is 1. The van der Waals surface area contributed by atoms with Crippen LogP contribution in [0, 0.1) is 6.92 Å². The highest BCUT2D eigenvalue weighted by Crippen LogP contribution is 2.06. The summed E-state index contributed by atoms with van der Waals surface area (Å²) in [6, 6.07) is 3.63. The van der Waals surface area contributed by atoms with E-state index in [0.717, 1.165) is 5.56 Å². The van der Waals surface area contributed by atoms with Crippen molar-refractivity contribution in [3.8, 4) is 0 Å². The van der Waals surface area contributed by atoms with E-state index in [9.17, 15) is 9.59 Å². The van der Waals surface area contributed by atoms with E-state index in [1.165, 1.54) is 11.8 Å². The lowest BCUT2D eigenvalue weighted by molar-refractivity contribution is -0.116. The minimum Gasteiger partial charge on any atom is -0.369 e. The zero-order chi connectivity index (χ0) is 12.7. The number of hydrogen-bond donors (Lipinski definition) is 2. The maximum atomic E-state index is 11.5. The number of carbonyl (C=O) groups is 2. The van der Waals surface area contributed by atoms with Gasteiger partial charge in [-0.2, -0.15) is 11.8 Å². The van der Waals surface area contributed by atoms with Gasteiger partial charge in [-0.15, -0.1) is 0 Å². The number of amides is 2. The smallest absolute Gasteiger partial charge is 0.227 e. The molecule has 0 fully saturated rings. The van der Waals surface area contributed by atoms with Gasteiger partial charge in [-0.1, -0.05) is 6.07 Å². The number of hydrogen-bond acceptors (Lipinski definition) is 4. The van der Waals surface area contributed by atoms with E-state index >= 15 is 0 Å². The van der Waals surface area contributed by atoms with E-state index in [2.05, 4.69) is 10.3 Å². The van der Waals surface area contributed by atoms with Crippen molar-refractivity contribution in [1.82, 2.24) is 4.98 Å². The SMILES string of the molecule is Cc1ccc(NC(=O)CCSCC(N)=O)nc1. The molecule has 0 aromatic carbocycles. The molecular formula is C11H15N3O2S. The van der Waals surface area contributed by atoms with Crippen LogP contribution in [-0.2, 0) is 9.59 Å². The lowest BCUT2D eigenvalue weighted by Gasteiger charge is -2.04. The summed E-state index contributed by atoms with van der Waals surface area (Å²) < 4.78 is 0. The number of nitrogens with one attached hydrogen (secondary N) is 1. The van der Waals surface area contributed by atoms with E-state index in [0.29, 0.717) is 18.0 Å². The fraction of sp³-hybridized carbons (Fsp3) is 0.364.